The number of cyclic esters (lactones) is 1. The molecule has 1 aliphatic rings. The summed E-state index contributed by atoms with van der Waals surface area (Å²) in [6.07, 6.45) is 3.39. The molecule has 2 aromatic carbocycles. The third kappa shape index (κ3) is 3.67. The van der Waals surface area contributed by atoms with Crippen molar-refractivity contribution in [1.29, 1.82) is 0 Å². The minimum Gasteiger partial charge on any atom is -0.493 e. The van der Waals surface area contributed by atoms with E-state index in [0.29, 0.717) is 22.8 Å². The Bertz CT molecular complexity index is 845. The Kier molecular flexibility index (Phi) is 5.50. The fourth-order valence-electron chi connectivity index (χ4n) is 3.12. The van der Waals surface area contributed by atoms with Crippen molar-refractivity contribution in [3.63, 3.8) is 0 Å². The van der Waals surface area contributed by atoms with E-state index in [2.05, 4.69) is 6.58 Å². The van der Waals surface area contributed by atoms with E-state index in [1.165, 1.54) is 0 Å². The average Bonchev–Trinajstić information content (AvgIpc) is 3.00. The predicted molar refractivity (Wildman–Crippen MR) is 103 cm³/mol. The molecule has 0 N–H and O–H groups in total. The lowest BCUT2D eigenvalue weighted by atomic mass is 9.91. The SMILES string of the molecule is C=C1C(=O)O[C@H](c2cc(OC)c(OC)c(OC)c2)[C@@H]1/C=C/c1ccccc1. The summed E-state index contributed by atoms with van der Waals surface area (Å²) in [5.74, 6) is 0.803. The Morgan fingerprint density at radius 2 is 1.63 bits per heavy atom. The first-order valence-corrected chi connectivity index (χ1v) is 8.52. The summed E-state index contributed by atoms with van der Waals surface area (Å²) in [5, 5.41) is 0. The molecule has 5 nitrogen and oxygen atoms in total. The van der Waals surface area contributed by atoms with Gasteiger partial charge >= 0.3 is 5.97 Å². The fourth-order valence-corrected chi connectivity index (χ4v) is 3.12. The van der Waals surface area contributed by atoms with Crippen LogP contribution < -0.4 is 14.2 Å². The van der Waals surface area contributed by atoms with Crippen molar-refractivity contribution in [2.75, 3.05) is 21.3 Å². The van der Waals surface area contributed by atoms with E-state index in [1.807, 2.05) is 42.5 Å². The normalized spacial score (nSPS) is 19.2. The molecule has 1 heterocycles. The second-order valence-corrected chi connectivity index (χ2v) is 6.11. The second-order valence-electron chi connectivity index (χ2n) is 6.11. The lowest BCUT2D eigenvalue weighted by molar-refractivity contribution is -0.139. The van der Waals surface area contributed by atoms with Crippen molar-refractivity contribution >= 4 is 12.0 Å². The molecule has 1 aliphatic heterocycles. The van der Waals surface area contributed by atoms with Gasteiger partial charge in [0.25, 0.3) is 0 Å². The molecule has 0 aromatic heterocycles. The van der Waals surface area contributed by atoms with Crippen LogP contribution in [0.5, 0.6) is 17.2 Å². The third-order valence-corrected chi connectivity index (χ3v) is 4.54. The quantitative estimate of drug-likeness (QED) is 0.567. The monoisotopic (exact) mass is 366 g/mol. The van der Waals surface area contributed by atoms with Crippen LogP contribution in [0, 0.1) is 5.92 Å². The number of hydrogen-bond acceptors (Lipinski definition) is 5. The van der Waals surface area contributed by atoms with Gasteiger partial charge in [0.1, 0.15) is 6.10 Å². The summed E-state index contributed by atoms with van der Waals surface area (Å²) in [4.78, 5) is 12.2. The number of carbonyl (C=O) groups excluding carboxylic acids is 1. The van der Waals surface area contributed by atoms with E-state index in [1.54, 1.807) is 33.5 Å². The topological polar surface area (TPSA) is 54.0 Å². The summed E-state index contributed by atoms with van der Waals surface area (Å²) in [5.41, 5.74) is 2.20. The molecule has 1 fully saturated rings. The summed E-state index contributed by atoms with van der Waals surface area (Å²) >= 11 is 0. The van der Waals surface area contributed by atoms with Crippen molar-refractivity contribution in [3.8, 4) is 17.2 Å². The zero-order valence-corrected chi connectivity index (χ0v) is 15.6. The van der Waals surface area contributed by atoms with Crippen molar-refractivity contribution < 1.29 is 23.7 Å². The molecule has 5 heteroatoms. The van der Waals surface area contributed by atoms with Crippen LogP contribution in [0.15, 0.2) is 60.7 Å². The van der Waals surface area contributed by atoms with Crippen molar-refractivity contribution in [2.45, 2.75) is 6.10 Å². The molecule has 27 heavy (non-hydrogen) atoms. The summed E-state index contributed by atoms with van der Waals surface area (Å²) in [6, 6.07) is 13.4. The molecule has 3 rings (SSSR count). The third-order valence-electron chi connectivity index (χ3n) is 4.54. The van der Waals surface area contributed by atoms with Gasteiger partial charge in [0.15, 0.2) is 11.5 Å². The standard InChI is InChI=1S/C22H22O5/c1-14-17(11-10-15-8-6-5-7-9-15)20(27-22(14)23)16-12-18(24-2)21(26-4)19(13-16)25-3/h5-13,17,20H,1H2,2-4H3/b11-10+/t17-,20-/m1/s1. The van der Waals surface area contributed by atoms with Crippen LogP contribution >= 0.6 is 0 Å². The van der Waals surface area contributed by atoms with Gasteiger partial charge in [0.2, 0.25) is 5.75 Å². The molecule has 0 radical (unpaired) electrons. The largest absolute Gasteiger partial charge is 0.493 e. The van der Waals surface area contributed by atoms with Crippen LogP contribution in [0.25, 0.3) is 6.08 Å². The second kappa shape index (κ2) is 7.99. The number of methoxy groups -OCH3 is 3. The Balaban J connectivity index is 1.99. The molecule has 0 aliphatic carbocycles. The molecule has 2 aromatic rings. The summed E-state index contributed by atoms with van der Waals surface area (Å²) in [6.45, 7) is 3.91. The molecule has 0 bridgehead atoms. The van der Waals surface area contributed by atoms with Crippen molar-refractivity contribution in [1.82, 2.24) is 0 Å². The minimum absolute atomic E-state index is 0.291. The van der Waals surface area contributed by atoms with Gasteiger partial charge in [-0.1, -0.05) is 49.1 Å². The number of ether oxygens (including phenoxy) is 4. The first kappa shape index (κ1) is 18.6. The number of esters is 1. The summed E-state index contributed by atoms with van der Waals surface area (Å²) < 4.78 is 21.8. The van der Waals surface area contributed by atoms with Crippen molar-refractivity contribution in [2.24, 2.45) is 5.92 Å². The Hall–Kier alpha value is -3.21. The highest BCUT2D eigenvalue weighted by Crippen LogP contribution is 2.45. The van der Waals surface area contributed by atoms with E-state index in [-0.39, 0.29) is 5.92 Å². The maximum Gasteiger partial charge on any atom is 0.334 e. The molecule has 2 atom stereocenters. The molecule has 0 spiro atoms. The minimum atomic E-state index is -0.515. The van der Waals surface area contributed by atoms with E-state index < -0.39 is 12.1 Å². The summed E-state index contributed by atoms with van der Waals surface area (Å²) in [7, 11) is 4.64. The Morgan fingerprint density at radius 3 is 2.19 bits per heavy atom. The van der Waals surface area contributed by atoms with Crippen LogP contribution in [0.1, 0.15) is 17.2 Å². The van der Waals surface area contributed by atoms with E-state index >= 15 is 0 Å². The molecule has 0 unspecified atom stereocenters. The fraction of sp³-hybridized carbons (Fsp3) is 0.227. The first-order chi connectivity index (χ1) is 13.1. The van der Waals surface area contributed by atoms with Crippen LogP contribution in [0.2, 0.25) is 0 Å². The highest BCUT2D eigenvalue weighted by atomic mass is 16.6. The Labute approximate surface area is 158 Å². The maximum absolute atomic E-state index is 12.2. The molecular weight excluding hydrogens is 344 g/mol. The van der Waals surface area contributed by atoms with Crippen LogP contribution in [-0.4, -0.2) is 27.3 Å². The average molecular weight is 366 g/mol. The zero-order valence-electron chi connectivity index (χ0n) is 15.6. The molecule has 140 valence electrons. The van der Waals surface area contributed by atoms with Gasteiger partial charge in [-0.15, -0.1) is 0 Å². The van der Waals surface area contributed by atoms with Gasteiger partial charge in [0.05, 0.1) is 27.2 Å². The number of carbonyl (C=O) groups is 1. The van der Waals surface area contributed by atoms with E-state index in [9.17, 15) is 4.79 Å². The van der Waals surface area contributed by atoms with Crippen LogP contribution in [0.4, 0.5) is 0 Å². The van der Waals surface area contributed by atoms with Gasteiger partial charge in [-0.3, -0.25) is 0 Å². The van der Waals surface area contributed by atoms with E-state index in [0.717, 1.165) is 11.1 Å². The van der Waals surface area contributed by atoms with E-state index in [4.69, 9.17) is 18.9 Å². The molecule has 0 amide bonds. The van der Waals surface area contributed by atoms with Crippen molar-refractivity contribution in [3.05, 3.63) is 71.8 Å². The van der Waals surface area contributed by atoms with Gasteiger partial charge in [-0.2, -0.15) is 0 Å². The maximum atomic E-state index is 12.2. The molecule has 1 saturated heterocycles. The van der Waals surface area contributed by atoms with Gasteiger partial charge in [-0.25, -0.2) is 4.79 Å². The van der Waals surface area contributed by atoms with Gasteiger partial charge in [0, 0.05) is 11.1 Å². The van der Waals surface area contributed by atoms with Crippen LogP contribution in [-0.2, 0) is 9.53 Å². The first-order valence-electron chi connectivity index (χ1n) is 8.52. The van der Waals surface area contributed by atoms with Crippen LogP contribution in [0.3, 0.4) is 0 Å². The van der Waals surface area contributed by atoms with Gasteiger partial charge in [-0.05, 0) is 17.7 Å². The van der Waals surface area contributed by atoms with Gasteiger partial charge < -0.3 is 18.9 Å². The number of rotatable bonds is 6. The lowest BCUT2D eigenvalue weighted by Gasteiger charge is -2.19. The Morgan fingerprint density at radius 1 is 1.00 bits per heavy atom. The predicted octanol–water partition coefficient (Wildman–Crippen LogP) is 4.20. The molecular formula is C22H22O5. The highest BCUT2D eigenvalue weighted by molar-refractivity contribution is 5.91. The highest BCUT2D eigenvalue weighted by Gasteiger charge is 2.38. The smallest absolute Gasteiger partial charge is 0.334 e. The number of benzene rings is 2. The molecule has 0 saturated carbocycles. The number of hydrogen-bond donors (Lipinski definition) is 0. The zero-order chi connectivity index (χ0) is 19.4. The lowest BCUT2D eigenvalue weighted by Crippen LogP contribution is -2.07.